The van der Waals surface area contributed by atoms with Crippen molar-refractivity contribution in [3.8, 4) is 0 Å². The van der Waals surface area contributed by atoms with Crippen LogP contribution in [0, 0.1) is 0 Å². The fourth-order valence-corrected chi connectivity index (χ4v) is 1.41. The molecule has 0 spiro atoms. The summed E-state index contributed by atoms with van der Waals surface area (Å²) in [6, 6.07) is 3.84. The van der Waals surface area contributed by atoms with Gasteiger partial charge in [0.05, 0.1) is 5.54 Å². The van der Waals surface area contributed by atoms with Crippen LogP contribution in [-0.4, -0.2) is 21.6 Å². The summed E-state index contributed by atoms with van der Waals surface area (Å²) in [5.41, 5.74) is 6.60. The van der Waals surface area contributed by atoms with Gasteiger partial charge in [0, 0.05) is 18.9 Å². The van der Waals surface area contributed by atoms with Crippen LogP contribution in [0.4, 0.5) is 0 Å². The van der Waals surface area contributed by atoms with Gasteiger partial charge < -0.3 is 16.4 Å². The SMILES string of the molecule is CC(C)(C)N=C(N)NC(=S)NCc1ccncc1. The van der Waals surface area contributed by atoms with Crippen LogP contribution in [0.15, 0.2) is 29.5 Å². The Bertz CT molecular complexity index is 422. The van der Waals surface area contributed by atoms with E-state index in [4.69, 9.17) is 18.0 Å². The highest BCUT2D eigenvalue weighted by Gasteiger charge is 2.08. The number of hydrogen-bond donors (Lipinski definition) is 3. The number of nitrogens with two attached hydrogens (primary N) is 1. The Morgan fingerprint density at radius 1 is 1.39 bits per heavy atom. The maximum Gasteiger partial charge on any atom is 0.195 e. The summed E-state index contributed by atoms with van der Waals surface area (Å²) in [5, 5.41) is 6.34. The molecule has 0 bridgehead atoms. The molecule has 5 nitrogen and oxygen atoms in total. The molecule has 1 heterocycles. The van der Waals surface area contributed by atoms with Gasteiger partial charge in [-0.05, 0) is 50.7 Å². The lowest BCUT2D eigenvalue weighted by atomic mass is 10.1. The lowest BCUT2D eigenvalue weighted by Gasteiger charge is -2.15. The lowest BCUT2D eigenvalue weighted by molar-refractivity contribution is 0.580. The number of guanidine groups is 1. The summed E-state index contributed by atoms with van der Waals surface area (Å²) in [6.07, 6.45) is 3.48. The van der Waals surface area contributed by atoms with E-state index in [0.29, 0.717) is 17.6 Å². The molecule has 0 saturated carbocycles. The van der Waals surface area contributed by atoms with Gasteiger partial charge in [-0.3, -0.25) is 4.98 Å². The van der Waals surface area contributed by atoms with E-state index in [9.17, 15) is 0 Å². The van der Waals surface area contributed by atoms with Crippen molar-refractivity contribution < 1.29 is 0 Å². The molecule has 6 heteroatoms. The molecule has 0 aliphatic heterocycles. The summed E-state index contributed by atoms with van der Waals surface area (Å²) in [4.78, 5) is 8.20. The van der Waals surface area contributed by atoms with Crippen molar-refractivity contribution in [1.82, 2.24) is 15.6 Å². The molecule has 1 aromatic heterocycles. The van der Waals surface area contributed by atoms with E-state index in [1.165, 1.54) is 0 Å². The van der Waals surface area contributed by atoms with Gasteiger partial charge in [0.1, 0.15) is 0 Å². The topological polar surface area (TPSA) is 75.3 Å². The molecule has 0 atom stereocenters. The number of nitrogens with one attached hydrogen (secondary N) is 2. The van der Waals surface area contributed by atoms with Crippen molar-refractivity contribution in [2.24, 2.45) is 10.7 Å². The van der Waals surface area contributed by atoms with E-state index in [0.717, 1.165) is 5.56 Å². The predicted molar refractivity (Wildman–Crippen MR) is 78.2 cm³/mol. The average molecular weight is 265 g/mol. The third-order valence-corrected chi connectivity index (χ3v) is 2.15. The van der Waals surface area contributed by atoms with Crippen LogP contribution in [0.5, 0.6) is 0 Å². The van der Waals surface area contributed by atoms with Crippen LogP contribution in [-0.2, 0) is 6.54 Å². The first-order chi connectivity index (χ1) is 8.37. The number of pyridine rings is 1. The summed E-state index contributed by atoms with van der Waals surface area (Å²) < 4.78 is 0. The number of hydrogen-bond acceptors (Lipinski definition) is 3. The van der Waals surface area contributed by atoms with Crippen molar-refractivity contribution in [3.05, 3.63) is 30.1 Å². The van der Waals surface area contributed by atoms with Crippen LogP contribution >= 0.6 is 12.2 Å². The summed E-state index contributed by atoms with van der Waals surface area (Å²) in [5.74, 6) is 0.315. The van der Waals surface area contributed by atoms with Crippen molar-refractivity contribution in [3.63, 3.8) is 0 Å². The largest absolute Gasteiger partial charge is 0.370 e. The van der Waals surface area contributed by atoms with Gasteiger partial charge in [0.2, 0.25) is 0 Å². The number of thiocarbonyl (C=S) groups is 1. The Balaban J connectivity index is 2.41. The van der Waals surface area contributed by atoms with Crippen LogP contribution in [0.2, 0.25) is 0 Å². The average Bonchev–Trinajstić information content (AvgIpc) is 2.25. The number of aromatic nitrogens is 1. The van der Waals surface area contributed by atoms with E-state index in [1.54, 1.807) is 12.4 Å². The van der Waals surface area contributed by atoms with Gasteiger partial charge in [0.15, 0.2) is 11.1 Å². The molecular formula is C12H19N5S. The Morgan fingerprint density at radius 2 is 2.00 bits per heavy atom. The van der Waals surface area contributed by atoms with Crippen LogP contribution in [0.1, 0.15) is 26.3 Å². The standard InChI is InChI=1S/C12H19N5S/c1-12(2,3)17-10(13)16-11(18)15-8-9-4-6-14-7-5-9/h4-7H,8H2,1-3H3,(H4,13,15,16,17,18). The van der Waals surface area contributed by atoms with Crippen molar-refractivity contribution in [2.75, 3.05) is 0 Å². The zero-order chi connectivity index (χ0) is 13.6. The Morgan fingerprint density at radius 3 is 2.56 bits per heavy atom. The molecule has 0 radical (unpaired) electrons. The maximum atomic E-state index is 5.73. The molecule has 0 unspecified atom stereocenters. The van der Waals surface area contributed by atoms with Gasteiger partial charge in [0.25, 0.3) is 0 Å². The van der Waals surface area contributed by atoms with Crippen molar-refractivity contribution in [1.29, 1.82) is 0 Å². The molecular weight excluding hydrogens is 246 g/mol. The van der Waals surface area contributed by atoms with E-state index >= 15 is 0 Å². The first kappa shape index (κ1) is 14.4. The molecule has 0 aliphatic rings. The zero-order valence-corrected chi connectivity index (χ0v) is 11.7. The second kappa shape index (κ2) is 6.30. The second-order valence-corrected chi connectivity index (χ2v) is 5.24. The first-order valence-electron chi connectivity index (χ1n) is 5.66. The first-order valence-corrected chi connectivity index (χ1v) is 6.07. The van der Waals surface area contributed by atoms with E-state index in [2.05, 4.69) is 20.6 Å². The van der Waals surface area contributed by atoms with Gasteiger partial charge in [-0.1, -0.05) is 0 Å². The van der Waals surface area contributed by atoms with Gasteiger partial charge in [-0.15, -0.1) is 0 Å². The Labute approximate surface area is 113 Å². The molecule has 18 heavy (non-hydrogen) atoms. The van der Waals surface area contributed by atoms with Gasteiger partial charge >= 0.3 is 0 Å². The highest BCUT2D eigenvalue weighted by atomic mass is 32.1. The molecule has 0 aliphatic carbocycles. The minimum atomic E-state index is -0.224. The van der Waals surface area contributed by atoms with Gasteiger partial charge in [-0.25, -0.2) is 4.99 Å². The molecule has 1 aromatic rings. The van der Waals surface area contributed by atoms with Crippen molar-refractivity contribution in [2.45, 2.75) is 32.9 Å². The lowest BCUT2D eigenvalue weighted by Crippen LogP contribution is -2.44. The maximum absolute atomic E-state index is 5.73. The zero-order valence-electron chi connectivity index (χ0n) is 10.9. The molecule has 1 rings (SSSR count). The second-order valence-electron chi connectivity index (χ2n) is 4.83. The molecule has 0 aromatic carbocycles. The quantitative estimate of drug-likeness (QED) is 0.425. The highest BCUT2D eigenvalue weighted by molar-refractivity contribution is 7.80. The van der Waals surface area contributed by atoms with Gasteiger partial charge in [-0.2, -0.15) is 0 Å². The number of aliphatic imine (C=N–C) groups is 1. The van der Waals surface area contributed by atoms with E-state index in [1.807, 2.05) is 32.9 Å². The number of nitrogens with zero attached hydrogens (tertiary/aromatic N) is 2. The molecule has 0 fully saturated rings. The normalized spacial score (nSPS) is 12.1. The van der Waals surface area contributed by atoms with Crippen molar-refractivity contribution >= 4 is 23.3 Å². The fourth-order valence-electron chi connectivity index (χ4n) is 1.23. The molecule has 98 valence electrons. The summed E-state index contributed by atoms with van der Waals surface area (Å²) in [7, 11) is 0. The summed E-state index contributed by atoms with van der Waals surface area (Å²) in [6.45, 7) is 6.52. The Kier molecular flexibility index (Phi) is 5.03. The van der Waals surface area contributed by atoms with Crippen LogP contribution in [0.3, 0.4) is 0 Å². The molecule has 0 saturated heterocycles. The minimum Gasteiger partial charge on any atom is -0.370 e. The third kappa shape index (κ3) is 6.15. The molecule has 4 N–H and O–H groups in total. The monoisotopic (exact) mass is 265 g/mol. The highest BCUT2D eigenvalue weighted by Crippen LogP contribution is 2.04. The summed E-state index contributed by atoms with van der Waals surface area (Å²) >= 11 is 5.12. The predicted octanol–water partition coefficient (Wildman–Crippen LogP) is 1.16. The van der Waals surface area contributed by atoms with E-state index in [-0.39, 0.29) is 5.54 Å². The number of rotatable bonds is 2. The molecule has 0 amide bonds. The Hall–Kier alpha value is -1.69. The third-order valence-electron chi connectivity index (χ3n) is 1.90. The fraction of sp³-hybridized carbons (Fsp3) is 0.417. The van der Waals surface area contributed by atoms with E-state index < -0.39 is 0 Å². The smallest absolute Gasteiger partial charge is 0.195 e. The minimum absolute atomic E-state index is 0.224. The van der Waals surface area contributed by atoms with Crippen LogP contribution < -0.4 is 16.4 Å². The van der Waals surface area contributed by atoms with Crippen LogP contribution in [0.25, 0.3) is 0 Å².